The maximum atomic E-state index is 12.4. The van der Waals surface area contributed by atoms with Crippen molar-refractivity contribution < 1.29 is 14.3 Å². The monoisotopic (exact) mass is 314 g/mol. The molecule has 0 radical (unpaired) electrons. The Morgan fingerprint density at radius 2 is 2.22 bits per heavy atom. The maximum Gasteiger partial charge on any atom is 0.252 e. The van der Waals surface area contributed by atoms with Gasteiger partial charge in [0.2, 0.25) is 0 Å². The molecule has 0 aromatic heterocycles. The van der Waals surface area contributed by atoms with Gasteiger partial charge in [-0.2, -0.15) is 5.26 Å². The van der Waals surface area contributed by atoms with Crippen molar-refractivity contribution in [2.75, 3.05) is 13.2 Å². The molecule has 1 unspecified atom stereocenters. The molecule has 1 aromatic rings. The number of nitriles is 1. The van der Waals surface area contributed by atoms with E-state index in [4.69, 9.17) is 9.47 Å². The van der Waals surface area contributed by atoms with Crippen molar-refractivity contribution in [2.45, 2.75) is 50.2 Å². The fourth-order valence-electron chi connectivity index (χ4n) is 3.22. The van der Waals surface area contributed by atoms with Crippen LogP contribution in [-0.4, -0.2) is 30.8 Å². The second-order valence-electron chi connectivity index (χ2n) is 6.33. The molecule has 2 fully saturated rings. The lowest BCUT2D eigenvalue weighted by Gasteiger charge is -2.22. The molecule has 1 saturated heterocycles. The Hall–Kier alpha value is -2.06. The van der Waals surface area contributed by atoms with Crippen LogP contribution in [0.15, 0.2) is 24.3 Å². The second-order valence-corrected chi connectivity index (χ2v) is 6.33. The van der Waals surface area contributed by atoms with Crippen molar-refractivity contribution in [3.63, 3.8) is 0 Å². The highest BCUT2D eigenvalue weighted by molar-refractivity contribution is 5.95. The van der Waals surface area contributed by atoms with Gasteiger partial charge in [0.25, 0.3) is 5.91 Å². The van der Waals surface area contributed by atoms with E-state index in [-0.39, 0.29) is 12.0 Å². The van der Waals surface area contributed by atoms with E-state index in [1.807, 2.05) is 6.07 Å². The standard InChI is InChI=1S/C18H22N2O3/c19-13-18(8-1-2-9-18)20-17(21)14-5-3-6-15(11-14)23-12-16-7-4-10-22-16/h3,5-6,11,16H,1-2,4,7-10,12H2,(H,20,21). The van der Waals surface area contributed by atoms with Crippen molar-refractivity contribution in [1.82, 2.24) is 5.32 Å². The molecule has 5 nitrogen and oxygen atoms in total. The Morgan fingerprint density at radius 1 is 1.39 bits per heavy atom. The number of hydrogen-bond acceptors (Lipinski definition) is 4. The maximum absolute atomic E-state index is 12.4. The molecule has 1 aromatic carbocycles. The number of ether oxygens (including phenoxy) is 2. The summed E-state index contributed by atoms with van der Waals surface area (Å²) in [6.45, 7) is 1.31. The SMILES string of the molecule is N#CC1(NC(=O)c2cccc(OCC3CCCO3)c2)CCCC1. The average molecular weight is 314 g/mol. The summed E-state index contributed by atoms with van der Waals surface area (Å²) in [5, 5.41) is 12.3. The number of nitrogens with one attached hydrogen (secondary N) is 1. The van der Waals surface area contributed by atoms with Gasteiger partial charge < -0.3 is 14.8 Å². The summed E-state index contributed by atoms with van der Waals surface area (Å²) in [6.07, 6.45) is 5.66. The zero-order valence-electron chi connectivity index (χ0n) is 13.2. The number of carbonyl (C=O) groups excluding carboxylic acids is 1. The molecule has 1 aliphatic heterocycles. The predicted molar refractivity (Wildman–Crippen MR) is 85.2 cm³/mol. The summed E-state index contributed by atoms with van der Waals surface area (Å²) in [4.78, 5) is 12.4. The van der Waals surface area contributed by atoms with Crippen LogP contribution >= 0.6 is 0 Å². The van der Waals surface area contributed by atoms with Gasteiger partial charge in [-0.1, -0.05) is 6.07 Å². The summed E-state index contributed by atoms with van der Waals surface area (Å²) >= 11 is 0. The van der Waals surface area contributed by atoms with E-state index in [9.17, 15) is 10.1 Å². The van der Waals surface area contributed by atoms with Crippen LogP contribution < -0.4 is 10.1 Å². The van der Waals surface area contributed by atoms with Crippen molar-refractivity contribution in [1.29, 1.82) is 5.26 Å². The molecule has 23 heavy (non-hydrogen) atoms. The Kier molecular flexibility index (Phi) is 4.82. The molecule has 1 amide bonds. The van der Waals surface area contributed by atoms with Crippen LogP contribution in [0.2, 0.25) is 0 Å². The van der Waals surface area contributed by atoms with Crippen LogP contribution in [-0.2, 0) is 4.74 Å². The van der Waals surface area contributed by atoms with Crippen LogP contribution in [0.4, 0.5) is 0 Å². The van der Waals surface area contributed by atoms with Gasteiger partial charge >= 0.3 is 0 Å². The number of carbonyl (C=O) groups is 1. The van der Waals surface area contributed by atoms with Crippen LogP contribution in [0.25, 0.3) is 0 Å². The minimum absolute atomic E-state index is 0.146. The largest absolute Gasteiger partial charge is 0.491 e. The quantitative estimate of drug-likeness (QED) is 0.907. The Morgan fingerprint density at radius 3 is 2.91 bits per heavy atom. The van der Waals surface area contributed by atoms with E-state index in [0.29, 0.717) is 17.9 Å². The molecule has 0 bridgehead atoms. The van der Waals surface area contributed by atoms with Gasteiger partial charge in [0.05, 0.1) is 12.2 Å². The fourth-order valence-corrected chi connectivity index (χ4v) is 3.22. The van der Waals surface area contributed by atoms with Crippen LogP contribution in [0.1, 0.15) is 48.9 Å². The number of nitrogens with zero attached hydrogens (tertiary/aromatic N) is 1. The molecule has 0 spiro atoms. The van der Waals surface area contributed by atoms with E-state index < -0.39 is 5.54 Å². The van der Waals surface area contributed by atoms with Crippen LogP contribution in [0.3, 0.4) is 0 Å². The molecule has 1 saturated carbocycles. The van der Waals surface area contributed by atoms with Gasteiger partial charge in [0.1, 0.15) is 17.9 Å². The smallest absolute Gasteiger partial charge is 0.252 e. The minimum atomic E-state index is -0.703. The molecule has 122 valence electrons. The van der Waals surface area contributed by atoms with Gasteiger partial charge in [-0.15, -0.1) is 0 Å². The van der Waals surface area contributed by atoms with Crippen LogP contribution in [0.5, 0.6) is 5.75 Å². The van der Waals surface area contributed by atoms with Crippen molar-refractivity contribution >= 4 is 5.91 Å². The van der Waals surface area contributed by atoms with E-state index in [1.54, 1.807) is 18.2 Å². The first-order valence-corrected chi connectivity index (χ1v) is 8.29. The fraction of sp³-hybridized carbons (Fsp3) is 0.556. The first kappa shape index (κ1) is 15.8. The van der Waals surface area contributed by atoms with E-state index in [1.165, 1.54) is 0 Å². The average Bonchev–Trinajstić information content (AvgIpc) is 3.25. The molecule has 1 N–H and O–H groups in total. The van der Waals surface area contributed by atoms with Crippen LogP contribution in [0, 0.1) is 11.3 Å². The summed E-state index contributed by atoms with van der Waals surface area (Å²) in [7, 11) is 0. The number of rotatable bonds is 5. The summed E-state index contributed by atoms with van der Waals surface area (Å²) in [5.41, 5.74) is -0.178. The minimum Gasteiger partial charge on any atom is -0.491 e. The molecular formula is C18H22N2O3. The first-order valence-electron chi connectivity index (χ1n) is 8.29. The Balaban J connectivity index is 1.62. The van der Waals surface area contributed by atoms with Gasteiger partial charge in [-0.3, -0.25) is 4.79 Å². The second kappa shape index (κ2) is 7.01. The topological polar surface area (TPSA) is 71.4 Å². The van der Waals surface area contributed by atoms with E-state index in [2.05, 4.69) is 11.4 Å². The highest BCUT2D eigenvalue weighted by atomic mass is 16.5. The van der Waals surface area contributed by atoms with Crippen molar-refractivity contribution in [2.24, 2.45) is 0 Å². The third-order valence-corrected chi connectivity index (χ3v) is 4.58. The van der Waals surface area contributed by atoms with E-state index >= 15 is 0 Å². The number of benzene rings is 1. The molecule has 5 heteroatoms. The molecular weight excluding hydrogens is 292 g/mol. The van der Waals surface area contributed by atoms with Gasteiger partial charge in [-0.05, 0) is 56.7 Å². The lowest BCUT2D eigenvalue weighted by molar-refractivity contribution is 0.0679. The summed E-state index contributed by atoms with van der Waals surface area (Å²) in [5.74, 6) is 0.446. The molecule has 1 atom stereocenters. The van der Waals surface area contributed by atoms with Gasteiger partial charge in [0.15, 0.2) is 0 Å². The molecule has 3 rings (SSSR count). The van der Waals surface area contributed by atoms with Gasteiger partial charge in [-0.25, -0.2) is 0 Å². The van der Waals surface area contributed by atoms with Crippen molar-refractivity contribution in [3.8, 4) is 11.8 Å². The highest BCUT2D eigenvalue weighted by Crippen LogP contribution is 2.29. The molecule has 1 aliphatic carbocycles. The zero-order valence-corrected chi connectivity index (χ0v) is 13.2. The Labute approximate surface area is 136 Å². The Bertz CT molecular complexity index is 597. The first-order chi connectivity index (χ1) is 11.2. The summed E-state index contributed by atoms with van der Waals surface area (Å²) in [6, 6.07) is 9.38. The number of amides is 1. The number of hydrogen-bond donors (Lipinski definition) is 1. The predicted octanol–water partition coefficient (Wildman–Crippen LogP) is 2.81. The molecule has 1 heterocycles. The lowest BCUT2D eigenvalue weighted by atomic mass is 9.99. The lowest BCUT2D eigenvalue weighted by Crippen LogP contribution is -2.45. The summed E-state index contributed by atoms with van der Waals surface area (Å²) < 4.78 is 11.3. The van der Waals surface area contributed by atoms with Crippen molar-refractivity contribution in [3.05, 3.63) is 29.8 Å². The molecule has 2 aliphatic rings. The zero-order chi connectivity index (χ0) is 16.1. The van der Waals surface area contributed by atoms with Gasteiger partial charge in [0, 0.05) is 12.2 Å². The highest BCUT2D eigenvalue weighted by Gasteiger charge is 2.35. The normalized spacial score (nSPS) is 22.5. The van der Waals surface area contributed by atoms with E-state index in [0.717, 1.165) is 45.1 Å². The third kappa shape index (κ3) is 3.83. The third-order valence-electron chi connectivity index (χ3n) is 4.58.